The van der Waals surface area contributed by atoms with Crippen molar-refractivity contribution in [2.75, 3.05) is 60.0 Å². The van der Waals surface area contributed by atoms with Crippen LogP contribution < -0.4 is 9.47 Å². The molecule has 0 N–H and O–H groups in total. The van der Waals surface area contributed by atoms with Gasteiger partial charge in [0.2, 0.25) is 5.91 Å². The van der Waals surface area contributed by atoms with Gasteiger partial charge in [-0.25, -0.2) is 0 Å². The van der Waals surface area contributed by atoms with Gasteiger partial charge in [-0.3, -0.25) is 9.59 Å². The number of methoxy groups -OCH3 is 1. The van der Waals surface area contributed by atoms with Gasteiger partial charge in [0.15, 0.2) is 0 Å². The summed E-state index contributed by atoms with van der Waals surface area (Å²) in [5.41, 5.74) is 0.174. The lowest BCUT2D eigenvalue weighted by molar-refractivity contribution is -0.137. The number of piperidine rings is 1. The van der Waals surface area contributed by atoms with Crippen LogP contribution in [0, 0.1) is 5.41 Å². The van der Waals surface area contributed by atoms with Crippen LogP contribution in [0.25, 0.3) is 0 Å². The Kier molecular flexibility index (Phi) is 7.73. The highest BCUT2D eigenvalue weighted by Gasteiger charge is 2.41. The van der Waals surface area contributed by atoms with Gasteiger partial charge in [-0.2, -0.15) is 0 Å². The van der Waals surface area contributed by atoms with Crippen molar-refractivity contribution in [3.63, 3.8) is 0 Å². The van der Waals surface area contributed by atoms with Crippen molar-refractivity contribution in [1.29, 1.82) is 0 Å². The second-order valence-corrected chi connectivity index (χ2v) is 9.52. The van der Waals surface area contributed by atoms with Crippen molar-refractivity contribution in [3.8, 4) is 11.5 Å². The van der Waals surface area contributed by atoms with Crippen LogP contribution in [0.15, 0.2) is 54.6 Å². The van der Waals surface area contributed by atoms with Crippen LogP contribution in [-0.4, -0.2) is 86.5 Å². The average molecular weight is 466 g/mol. The van der Waals surface area contributed by atoms with E-state index in [1.54, 1.807) is 13.2 Å². The molecule has 4 rings (SSSR count). The van der Waals surface area contributed by atoms with E-state index >= 15 is 0 Å². The Hall–Kier alpha value is -3.06. The van der Waals surface area contributed by atoms with Crippen molar-refractivity contribution in [1.82, 2.24) is 14.7 Å². The summed E-state index contributed by atoms with van der Waals surface area (Å²) < 4.78 is 11.5. The van der Waals surface area contributed by atoms with Gasteiger partial charge in [0, 0.05) is 56.7 Å². The number of carbonyl (C=O) groups excluding carboxylic acids is 2. The quantitative estimate of drug-likeness (QED) is 0.629. The average Bonchev–Trinajstić information content (AvgIpc) is 2.88. The van der Waals surface area contributed by atoms with Crippen molar-refractivity contribution in [2.45, 2.75) is 19.3 Å². The van der Waals surface area contributed by atoms with E-state index in [1.165, 1.54) is 0 Å². The highest BCUT2D eigenvalue weighted by atomic mass is 16.5. The Balaban J connectivity index is 1.52. The maximum Gasteiger partial charge on any atom is 0.254 e. The van der Waals surface area contributed by atoms with E-state index in [0.717, 1.165) is 44.8 Å². The van der Waals surface area contributed by atoms with Crippen LogP contribution in [0.1, 0.15) is 29.6 Å². The molecule has 0 radical (unpaired) electrons. The predicted molar refractivity (Wildman–Crippen MR) is 131 cm³/mol. The minimum atomic E-state index is -0.428. The Morgan fingerprint density at radius 2 is 1.65 bits per heavy atom. The molecular weight excluding hydrogens is 430 g/mol. The SMILES string of the molecule is COc1cccc(C(=O)N2CCC[C@](COc3ccccc3)(CC(=O)N3CCN(C)CC3)C2)c1. The fourth-order valence-electron chi connectivity index (χ4n) is 4.87. The third kappa shape index (κ3) is 5.89. The lowest BCUT2D eigenvalue weighted by atomic mass is 9.77. The topological polar surface area (TPSA) is 62.3 Å². The van der Waals surface area contributed by atoms with Gasteiger partial charge < -0.3 is 24.2 Å². The molecule has 2 fully saturated rings. The van der Waals surface area contributed by atoms with Crippen molar-refractivity contribution < 1.29 is 19.1 Å². The van der Waals surface area contributed by atoms with Gasteiger partial charge in [-0.05, 0) is 50.2 Å². The number of likely N-dealkylation sites (tertiary alicyclic amines) is 1. The summed E-state index contributed by atoms with van der Waals surface area (Å²) >= 11 is 0. The first-order valence-electron chi connectivity index (χ1n) is 12.1. The molecule has 2 aromatic carbocycles. The van der Waals surface area contributed by atoms with Crippen LogP contribution >= 0.6 is 0 Å². The Labute approximate surface area is 202 Å². The lowest BCUT2D eigenvalue weighted by Gasteiger charge is -2.43. The Morgan fingerprint density at radius 3 is 2.38 bits per heavy atom. The monoisotopic (exact) mass is 465 g/mol. The van der Waals surface area contributed by atoms with E-state index in [2.05, 4.69) is 11.9 Å². The van der Waals surface area contributed by atoms with E-state index in [0.29, 0.717) is 37.4 Å². The van der Waals surface area contributed by atoms with Crippen LogP contribution in [0.2, 0.25) is 0 Å². The fourth-order valence-corrected chi connectivity index (χ4v) is 4.87. The Morgan fingerprint density at radius 1 is 0.912 bits per heavy atom. The largest absolute Gasteiger partial charge is 0.497 e. The zero-order valence-electron chi connectivity index (χ0n) is 20.2. The number of ether oxygens (including phenoxy) is 2. The molecule has 2 amide bonds. The van der Waals surface area contributed by atoms with Crippen molar-refractivity contribution >= 4 is 11.8 Å². The van der Waals surface area contributed by atoms with E-state index in [9.17, 15) is 9.59 Å². The number of para-hydroxylation sites is 1. The van der Waals surface area contributed by atoms with Crippen LogP contribution in [0.5, 0.6) is 11.5 Å². The van der Waals surface area contributed by atoms with Crippen LogP contribution in [-0.2, 0) is 4.79 Å². The fraction of sp³-hybridized carbons (Fsp3) is 0.481. The zero-order chi connectivity index (χ0) is 24.0. The van der Waals surface area contributed by atoms with E-state index in [1.807, 2.05) is 58.3 Å². The third-order valence-electron chi connectivity index (χ3n) is 6.94. The number of carbonyl (C=O) groups is 2. The molecule has 2 aromatic rings. The molecule has 0 aromatic heterocycles. The molecule has 1 atom stereocenters. The van der Waals surface area contributed by atoms with Gasteiger partial charge in [0.1, 0.15) is 11.5 Å². The van der Waals surface area contributed by atoms with E-state index < -0.39 is 5.41 Å². The minimum absolute atomic E-state index is 0.0327. The summed E-state index contributed by atoms with van der Waals surface area (Å²) in [6.45, 7) is 4.84. The highest BCUT2D eigenvalue weighted by molar-refractivity contribution is 5.94. The van der Waals surface area contributed by atoms with Crippen molar-refractivity contribution in [2.24, 2.45) is 5.41 Å². The van der Waals surface area contributed by atoms with E-state index in [4.69, 9.17) is 9.47 Å². The number of nitrogens with zero attached hydrogens (tertiary/aromatic N) is 3. The predicted octanol–water partition coefficient (Wildman–Crippen LogP) is 3.16. The molecule has 0 saturated carbocycles. The number of hydrogen-bond acceptors (Lipinski definition) is 5. The molecule has 2 aliphatic rings. The van der Waals surface area contributed by atoms with Gasteiger partial charge >= 0.3 is 0 Å². The molecule has 2 aliphatic heterocycles. The number of hydrogen-bond donors (Lipinski definition) is 0. The number of amides is 2. The molecule has 34 heavy (non-hydrogen) atoms. The summed E-state index contributed by atoms with van der Waals surface area (Å²) in [5, 5.41) is 0. The molecule has 0 aliphatic carbocycles. The normalized spacial score (nSPS) is 21.2. The summed E-state index contributed by atoms with van der Waals surface area (Å²) in [6.07, 6.45) is 2.07. The number of benzene rings is 2. The second kappa shape index (κ2) is 10.9. The summed E-state index contributed by atoms with van der Waals surface area (Å²) in [6, 6.07) is 16.9. The third-order valence-corrected chi connectivity index (χ3v) is 6.94. The van der Waals surface area contributed by atoms with Crippen molar-refractivity contribution in [3.05, 3.63) is 60.2 Å². The van der Waals surface area contributed by atoms with Gasteiger partial charge in [0.25, 0.3) is 5.91 Å². The molecule has 7 nitrogen and oxygen atoms in total. The van der Waals surface area contributed by atoms with Gasteiger partial charge in [-0.15, -0.1) is 0 Å². The maximum absolute atomic E-state index is 13.4. The summed E-state index contributed by atoms with van der Waals surface area (Å²) in [5.74, 6) is 1.56. The summed E-state index contributed by atoms with van der Waals surface area (Å²) in [4.78, 5) is 32.8. The number of likely N-dealkylation sites (N-methyl/N-ethyl adjacent to an activating group) is 1. The smallest absolute Gasteiger partial charge is 0.254 e. The molecule has 2 saturated heterocycles. The molecule has 0 spiro atoms. The standard InChI is InChI=1S/C27H35N3O4/c1-28-14-16-29(17-15-28)25(31)19-27(21-34-23-9-4-3-5-10-23)12-7-13-30(20-27)26(32)22-8-6-11-24(18-22)33-2/h3-6,8-11,18H,7,12-17,19-21H2,1-2H3/t27-/m0/s1. The summed E-state index contributed by atoms with van der Waals surface area (Å²) in [7, 11) is 3.68. The lowest BCUT2D eigenvalue weighted by Crippen LogP contribution is -2.53. The second-order valence-electron chi connectivity index (χ2n) is 9.52. The maximum atomic E-state index is 13.4. The molecule has 0 unspecified atom stereocenters. The number of piperazine rings is 1. The highest BCUT2D eigenvalue weighted by Crippen LogP contribution is 2.36. The Bertz CT molecular complexity index is 975. The molecule has 2 heterocycles. The van der Waals surface area contributed by atoms with E-state index in [-0.39, 0.29) is 11.8 Å². The van der Waals surface area contributed by atoms with Gasteiger partial charge in [0.05, 0.1) is 13.7 Å². The molecular formula is C27H35N3O4. The van der Waals surface area contributed by atoms with Gasteiger partial charge in [-0.1, -0.05) is 24.3 Å². The first-order chi connectivity index (χ1) is 16.5. The first kappa shape index (κ1) is 24.1. The molecule has 0 bridgehead atoms. The first-order valence-corrected chi connectivity index (χ1v) is 12.1. The molecule has 7 heteroatoms. The zero-order valence-corrected chi connectivity index (χ0v) is 20.2. The molecule has 182 valence electrons. The van der Waals surface area contributed by atoms with Crippen LogP contribution in [0.3, 0.4) is 0 Å². The number of rotatable bonds is 7. The minimum Gasteiger partial charge on any atom is -0.497 e. The van der Waals surface area contributed by atoms with Crippen LogP contribution in [0.4, 0.5) is 0 Å².